The van der Waals surface area contributed by atoms with E-state index in [9.17, 15) is 9.59 Å². The maximum Gasteiger partial charge on any atom is 0.409 e. The third-order valence-corrected chi connectivity index (χ3v) is 5.28. The number of carbonyl (C=O) groups is 2. The van der Waals surface area contributed by atoms with Crippen LogP contribution < -0.4 is 5.32 Å². The summed E-state index contributed by atoms with van der Waals surface area (Å²) >= 11 is 3.50. The summed E-state index contributed by atoms with van der Waals surface area (Å²) in [7, 11) is 0. The Morgan fingerprint density at radius 3 is 2.67 bits per heavy atom. The van der Waals surface area contributed by atoms with Crippen LogP contribution in [0.15, 0.2) is 16.7 Å². The molecule has 0 atom stereocenters. The second-order valence-electron chi connectivity index (χ2n) is 6.73. The van der Waals surface area contributed by atoms with Gasteiger partial charge in [0.25, 0.3) is 5.91 Å². The van der Waals surface area contributed by atoms with Crippen molar-refractivity contribution in [1.82, 2.24) is 19.6 Å². The summed E-state index contributed by atoms with van der Waals surface area (Å²) in [6, 6.07) is 2.03. The molecule has 0 saturated carbocycles. The second-order valence-corrected chi connectivity index (χ2v) is 7.64. The molecule has 0 unspecified atom stereocenters. The van der Waals surface area contributed by atoms with Gasteiger partial charge in [-0.25, -0.2) is 9.78 Å². The molecule has 27 heavy (non-hydrogen) atoms. The van der Waals surface area contributed by atoms with Gasteiger partial charge in [-0.3, -0.25) is 9.20 Å². The molecule has 0 aromatic carbocycles. The predicted molar refractivity (Wildman–Crippen MR) is 106 cm³/mol. The number of hydrogen-bond donors (Lipinski definition) is 1. The SMILES string of the molecule is CCOC(=O)N1CCC(NC(=O)c2c(CC)nc3c(C)cc(Br)cn23)CC1. The first kappa shape index (κ1) is 19.7. The smallest absolute Gasteiger partial charge is 0.409 e. The Morgan fingerprint density at radius 2 is 2.04 bits per heavy atom. The molecular formula is C19H25BrN4O3. The first-order chi connectivity index (χ1) is 12.9. The van der Waals surface area contributed by atoms with Crippen LogP contribution >= 0.6 is 15.9 Å². The van der Waals surface area contributed by atoms with Crippen LogP contribution in [0.25, 0.3) is 5.65 Å². The molecule has 0 aliphatic carbocycles. The fourth-order valence-electron chi connectivity index (χ4n) is 3.48. The lowest BCUT2D eigenvalue weighted by Crippen LogP contribution is -2.47. The Hall–Kier alpha value is -2.09. The highest BCUT2D eigenvalue weighted by atomic mass is 79.9. The van der Waals surface area contributed by atoms with Crippen molar-refractivity contribution < 1.29 is 14.3 Å². The Morgan fingerprint density at radius 1 is 1.33 bits per heavy atom. The molecule has 3 rings (SSSR count). The normalized spacial score (nSPS) is 15.2. The molecule has 1 aliphatic heterocycles. The van der Waals surface area contributed by atoms with Gasteiger partial charge in [-0.2, -0.15) is 0 Å². The van der Waals surface area contributed by atoms with Crippen molar-refractivity contribution in [3.63, 3.8) is 0 Å². The van der Waals surface area contributed by atoms with E-state index in [1.807, 2.05) is 30.5 Å². The van der Waals surface area contributed by atoms with Gasteiger partial charge in [-0.05, 0) is 60.7 Å². The lowest BCUT2D eigenvalue weighted by atomic mass is 10.1. The molecule has 8 heteroatoms. The summed E-state index contributed by atoms with van der Waals surface area (Å²) in [5, 5.41) is 3.12. The van der Waals surface area contributed by atoms with Crippen molar-refractivity contribution in [2.24, 2.45) is 0 Å². The fraction of sp³-hybridized carbons (Fsp3) is 0.526. The zero-order valence-electron chi connectivity index (χ0n) is 15.9. The van der Waals surface area contributed by atoms with Gasteiger partial charge in [-0.15, -0.1) is 0 Å². The Labute approximate surface area is 167 Å². The van der Waals surface area contributed by atoms with E-state index < -0.39 is 0 Å². The molecule has 3 heterocycles. The first-order valence-electron chi connectivity index (χ1n) is 9.34. The average molecular weight is 437 g/mol. The van der Waals surface area contributed by atoms with Crippen LogP contribution in [0, 0.1) is 6.92 Å². The van der Waals surface area contributed by atoms with E-state index in [0.717, 1.165) is 21.4 Å². The van der Waals surface area contributed by atoms with Crippen LogP contribution in [0.2, 0.25) is 0 Å². The Balaban J connectivity index is 1.75. The summed E-state index contributed by atoms with van der Waals surface area (Å²) in [6.45, 7) is 7.33. The molecule has 1 N–H and O–H groups in total. The van der Waals surface area contributed by atoms with E-state index in [2.05, 4.69) is 26.2 Å². The van der Waals surface area contributed by atoms with Crippen LogP contribution in [0.1, 0.15) is 48.4 Å². The number of aromatic nitrogens is 2. The topological polar surface area (TPSA) is 75.9 Å². The van der Waals surface area contributed by atoms with Gasteiger partial charge in [0.1, 0.15) is 11.3 Å². The third kappa shape index (κ3) is 4.10. The molecule has 1 fully saturated rings. The van der Waals surface area contributed by atoms with E-state index in [-0.39, 0.29) is 18.0 Å². The number of aryl methyl sites for hydroxylation is 2. The lowest BCUT2D eigenvalue weighted by Gasteiger charge is -2.31. The average Bonchev–Trinajstić information content (AvgIpc) is 3.01. The zero-order valence-corrected chi connectivity index (χ0v) is 17.5. The number of hydrogen-bond acceptors (Lipinski definition) is 4. The highest BCUT2D eigenvalue weighted by Gasteiger charge is 2.27. The number of nitrogens with one attached hydrogen (secondary N) is 1. The fourth-order valence-corrected chi connectivity index (χ4v) is 4.03. The molecule has 2 aromatic heterocycles. The highest BCUT2D eigenvalue weighted by molar-refractivity contribution is 9.10. The number of amides is 2. The zero-order chi connectivity index (χ0) is 19.6. The molecule has 0 spiro atoms. The van der Waals surface area contributed by atoms with Crippen LogP contribution in [-0.4, -0.2) is 52.0 Å². The minimum absolute atomic E-state index is 0.0340. The number of nitrogens with zero attached hydrogens (tertiary/aromatic N) is 3. The monoisotopic (exact) mass is 436 g/mol. The summed E-state index contributed by atoms with van der Waals surface area (Å²) in [6.07, 6.45) is 3.71. The van der Waals surface area contributed by atoms with Crippen molar-refractivity contribution in [2.45, 2.75) is 46.1 Å². The quantitative estimate of drug-likeness (QED) is 0.797. The van der Waals surface area contributed by atoms with E-state index in [1.54, 1.807) is 11.8 Å². The molecule has 146 valence electrons. The third-order valence-electron chi connectivity index (χ3n) is 4.85. The number of likely N-dealkylation sites (tertiary alicyclic amines) is 1. The molecule has 0 radical (unpaired) electrons. The van der Waals surface area contributed by atoms with Gasteiger partial charge >= 0.3 is 6.09 Å². The minimum atomic E-state index is -0.280. The molecule has 7 nitrogen and oxygen atoms in total. The van der Waals surface area contributed by atoms with Crippen LogP contribution in [0.4, 0.5) is 4.79 Å². The van der Waals surface area contributed by atoms with Gasteiger partial charge < -0.3 is 15.0 Å². The summed E-state index contributed by atoms with van der Waals surface area (Å²) < 4.78 is 7.81. The van der Waals surface area contributed by atoms with Gasteiger partial charge in [0.2, 0.25) is 0 Å². The van der Waals surface area contributed by atoms with Gasteiger partial charge in [0, 0.05) is 29.8 Å². The number of ether oxygens (including phenoxy) is 1. The van der Waals surface area contributed by atoms with E-state index in [1.165, 1.54) is 0 Å². The number of fused-ring (bicyclic) bond motifs is 1. The molecule has 2 aromatic rings. The largest absolute Gasteiger partial charge is 0.450 e. The first-order valence-corrected chi connectivity index (χ1v) is 10.1. The summed E-state index contributed by atoms with van der Waals surface area (Å²) in [4.78, 5) is 31.2. The van der Waals surface area contributed by atoms with E-state index in [4.69, 9.17) is 4.74 Å². The maximum atomic E-state index is 13.0. The molecule has 1 aliphatic rings. The molecule has 1 saturated heterocycles. The lowest BCUT2D eigenvalue weighted by molar-refractivity contribution is 0.0855. The molecular weight excluding hydrogens is 412 g/mol. The van der Waals surface area contributed by atoms with Crippen LogP contribution in [0.5, 0.6) is 0 Å². The van der Waals surface area contributed by atoms with Crippen molar-refractivity contribution >= 4 is 33.6 Å². The van der Waals surface area contributed by atoms with Gasteiger partial charge in [0.05, 0.1) is 12.3 Å². The number of pyridine rings is 1. The van der Waals surface area contributed by atoms with Gasteiger partial charge in [-0.1, -0.05) is 6.92 Å². The second kappa shape index (κ2) is 8.29. The number of carbonyl (C=O) groups excluding carboxylic acids is 2. The van der Waals surface area contributed by atoms with Crippen molar-refractivity contribution in [3.8, 4) is 0 Å². The van der Waals surface area contributed by atoms with E-state index in [0.29, 0.717) is 44.7 Å². The van der Waals surface area contributed by atoms with Crippen molar-refractivity contribution in [2.75, 3.05) is 19.7 Å². The van der Waals surface area contributed by atoms with Crippen LogP contribution in [-0.2, 0) is 11.2 Å². The van der Waals surface area contributed by atoms with Crippen LogP contribution in [0.3, 0.4) is 0 Å². The Bertz CT molecular complexity index is 856. The van der Waals surface area contributed by atoms with Gasteiger partial charge in [0.15, 0.2) is 0 Å². The van der Waals surface area contributed by atoms with Crippen molar-refractivity contribution in [1.29, 1.82) is 0 Å². The Kier molecular flexibility index (Phi) is 6.04. The number of imidazole rings is 1. The number of halogens is 1. The summed E-state index contributed by atoms with van der Waals surface area (Å²) in [5.41, 5.74) is 3.19. The maximum absolute atomic E-state index is 13.0. The standard InChI is InChI=1S/C19H25BrN4O3/c1-4-15-16(24-11-13(20)10-12(3)17(24)22-15)18(25)21-14-6-8-23(9-7-14)19(26)27-5-2/h10-11,14H,4-9H2,1-3H3,(H,21,25). The number of rotatable bonds is 4. The minimum Gasteiger partial charge on any atom is -0.450 e. The predicted octanol–water partition coefficient (Wildman–Crippen LogP) is 3.32. The highest BCUT2D eigenvalue weighted by Crippen LogP contribution is 2.22. The molecule has 0 bridgehead atoms. The van der Waals surface area contributed by atoms with E-state index >= 15 is 0 Å². The number of piperidine rings is 1. The van der Waals surface area contributed by atoms with Crippen molar-refractivity contribution in [3.05, 3.63) is 33.7 Å². The molecule has 2 amide bonds. The summed E-state index contributed by atoms with van der Waals surface area (Å²) in [5.74, 6) is -0.119.